The second-order valence-electron chi connectivity index (χ2n) is 8.48. The molecule has 1 aromatic rings. The number of carbonyl (C=O) groups is 2. The Morgan fingerprint density at radius 3 is 2.66 bits per heavy atom. The zero-order chi connectivity index (χ0) is 21.2. The summed E-state index contributed by atoms with van der Waals surface area (Å²) in [6, 6.07) is 0. The number of hydrogen-bond acceptors (Lipinski definition) is 6. The van der Waals surface area contributed by atoms with Crippen LogP contribution in [0.3, 0.4) is 0 Å². The van der Waals surface area contributed by atoms with Gasteiger partial charge in [-0.2, -0.15) is 15.3 Å². The normalized spacial score (nSPS) is 16.7. The molecule has 2 aliphatic heterocycles. The van der Waals surface area contributed by atoms with Gasteiger partial charge >= 0.3 is 6.09 Å². The SMILES string of the molecule is C#CCCC1(CCC(=O)Nc2nn(C)c3c2CCN(C(=O)OC(C)(C)C)C3)N=N1. The number of anilines is 1. The van der Waals surface area contributed by atoms with Crippen LogP contribution >= 0.6 is 0 Å². The van der Waals surface area contributed by atoms with Crippen LogP contribution in [-0.4, -0.2) is 44.5 Å². The largest absolute Gasteiger partial charge is 0.444 e. The van der Waals surface area contributed by atoms with Crippen molar-refractivity contribution in [3.63, 3.8) is 0 Å². The van der Waals surface area contributed by atoms with Gasteiger partial charge in [0.1, 0.15) is 5.60 Å². The maximum atomic E-state index is 12.4. The summed E-state index contributed by atoms with van der Waals surface area (Å²) < 4.78 is 7.17. The first-order valence-corrected chi connectivity index (χ1v) is 9.82. The quantitative estimate of drug-likeness (QED) is 0.742. The van der Waals surface area contributed by atoms with Crippen molar-refractivity contribution in [2.24, 2.45) is 17.3 Å². The van der Waals surface area contributed by atoms with E-state index >= 15 is 0 Å². The summed E-state index contributed by atoms with van der Waals surface area (Å²) in [5.74, 6) is 3.01. The number of terminal acetylenes is 1. The van der Waals surface area contributed by atoms with Crippen LogP contribution in [0.25, 0.3) is 0 Å². The van der Waals surface area contributed by atoms with Crippen molar-refractivity contribution in [3.8, 4) is 12.3 Å². The van der Waals surface area contributed by atoms with Crippen molar-refractivity contribution in [2.45, 2.75) is 70.7 Å². The molecule has 0 saturated carbocycles. The predicted octanol–water partition coefficient (Wildman–Crippen LogP) is 3.01. The van der Waals surface area contributed by atoms with Gasteiger partial charge in [0.15, 0.2) is 11.5 Å². The van der Waals surface area contributed by atoms with Gasteiger partial charge in [0.2, 0.25) is 5.91 Å². The summed E-state index contributed by atoms with van der Waals surface area (Å²) in [6.45, 7) is 6.45. The van der Waals surface area contributed by atoms with E-state index in [2.05, 4.69) is 26.6 Å². The van der Waals surface area contributed by atoms with Crippen LogP contribution in [0.15, 0.2) is 10.2 Å². The molecule has 2 amide bonds. The highest BCUT2D eigenvalue weighted by Crippen LogP contribution is 2.37. The highest BCUT2D eigenvalue weighted by Gasteiger charge is 2.39. The van der Waals surface area contributed by atoms with Crippen LogP contribution in [-0.2, 0) is 29.5 Å². The molecule has 9 nitrogen and oxygen atoms in total. The van der Waals surface area contributed by atoms with Crippen molar-refractivity contribution in [3.05, 3.63) is 11.3 Å². The molecule has 1 N–H and O–H groups in total. The Kier molecular flexibility index (Phi) is 5.64. The summed E-state index contributed by atoms with van der Waals surface area (Å²) in [4.78, 5) is 26.4. The molecule has 0 spiro atoms. The molecular weight excluding hydrogens is 372 g/mol. The maximum absolute atomic E-state index is 12.4. The molecule has 156 valence electrons. The Morgan fingerprint density at radius 2 is 2.03 bits per heavy atom. The number of hydrogen-bond donors (Lipinski definition) is 1. The van der Waals surface area contributed by atoms with E-state index in [4.69, 9.17) is 11.2 Å². The monoisotopic (exact) mass is 400 g/mol. The fourth-order valence-electron chi connectivity index (χ4n) is 3.33. The predicted molar refractivity (Wildman–Crippen MR) is 107 cm³/mol. The molecule has 3 heterocycles. The number of amides is 2. The molecule has 2 aliphatic rings. The third-order valence-electron chi connectivity index (χ3n) is 4.96. The lowest BCUT2D eigenvalue weighted by Crippen LogP contribution is -2.40. The molecule has 0 aromatic carbocycles. The van der Waals surface area contributed by atoms with E-state index in [1.807, 2.05) is 27.8 Å². The van der Waals surface area contributed by atoms with Gasteiger partial charge < -0.3 is 15.0 Å². The fourth-order valence-corrected chi connectivity index (χ4v) is 3.33. The van der Waals surface area contributed by atoms with Crippen molar-refractivity contribution in [2.75, 3.05) is 11.9 Å². The van der Waals surface area contributed by atoms with E-state index in [0.29, 0.717) is 51.0 Å². The number of nitrogens with zero attached hydrogens (tertiary/aromatic N) is 5. The highest BCUT2D eigenvalue weighted by atomic mass is 16.6. The molecule has 0 bridgehead atoms. The first kappa shape index (κ1) is 20.8. The summed E-state index contributed by atoms with van der Waals surface area (Å²) >= 11 is 0. The lowest BCUT2D eigenvalue weighted by Gasteiger charge is -2.30. The van der Waals surface area contributed by atoms with E-state index in [1.165, 1.54) is 0 Å². The molecule has 0 aliphatic carbocycles. The summed E-state index contributed by atoms with van der Waals surface area (Å²) in [5.41, 5.74) is 0.848. The number of fused-ring (bicyclic) bond motifs is 1. The van der Waals surface area contributed by atoms with Crippen LogP contribution in [0.5, 0.6) is 0 Å². The van der Waals surface area contributed by atoms with Crippen LogP contribution in [0.1, 0.15) is 57.7 Å². The van der Waals surface area contributed by atoms with Gasteiger partial charge in [-0.1, -0.05) is 0 Å². The average Bonchev–Trinajstić information content (AvgIpc) is 3.36. The van der Waals surface area contributed by atoms with E-state index in [9.17, 15) is 9.59 Å². The fraction of sp³-hybridized carbons (Fsp3) is 0.650. The molecule has 0 radical (unpaired) electrons. The van der Waals surface area contributed by atoms with Crippen LogP contribution in [0.4, 0.5) is 10.6 Å². The summed E-state index contributed by atoms with van der Waals surface area (Å²) in [5, 5.41) is 15.5. The van der Waals surface area contributed by atoms with Gasteiger partial charge in [-0.25, -0.2) is 4.79 Å². The Hall–Kier alpha value is -2.89. The van der Waals surface area contributed by atoms with Crippen LogP contribution < -0.4 is 5.32 Å². The number of ether oxygens (including phenoxy) is 1. The van der Waals surface area contributed by atoms with Crippen LogP contribution in [0, 0.1) is 12.3 Å². The van der Waals surface area contributed by atoms with Crippen molar-refractivity contribution in [1.29, 1.82) is 0 Å². The van der Waals surface area contributed by atoms with Crippen molar-refractivity contribution in [1.82, 2.24) is 14.7 Å². The number of carbonyl (C=O) groups excluding carboxylic acids is 2. The minimum atomic E-state index is -0.541. The van der Waals surface area contributed by atoms with Crippen LogP contribution in [0.2, 0.25) is 0 Å². The molecule has 0 saturated heterocycles. The molecule has 1 aromatic heterocycles. The lowest BCUT2D eigenvalue weighted by molar-refractivity contribution is -0.116. The topological polar surface area (TPSA) is 101 Å². The Bertz CT molecular complexity index is 868. The number of nitrogens with one attached hydrogen (secondary N) is 1. The molecule has 0 fully saturated rings. The third kappa shape index (κ3) is 5.13. The van der Waals surface area contributed by atoms with E-state index in [1.54, 1.807) is 9.58 Å². The first-order valence-electron chi connectivity index (χ1n) is 9.82. The second-order valence-corrected chi connectivity index (χ2v) is 8.48. The smallest absolute Gasteiger partial charge is 0.410 e. The summed E-state index contributed by atoms with van der Waals surface area (Å²) in [6.07, 6.45) is 7.67. The Balaban J connectivity index is 1.58. The van der Waals surface area contributed by atoms with E-state index < -0.39 is 11.3 Å². The number of rotatable bonds is 6. The second kappa shape index (κ2) is 7.85. The molecule has 0 atom stereocenters. The van der Waals surface area contributed by atoms with E-state index in [-0.39, 0.29) is 12.0 Å². The minimum absolute atomic E-state index is 0.127. The third-order valence-corrected chi connectivity index (χ3v) is 4.96. The number of aryl methyl sites for hydroxylation is 1. The number of aromatic nitrogens is 2. The molecule has 9 heteroatoms. The standard InChI is InChI=1S/C20H28N6O3/c1-6-7-10-20(23-24-20)11-8-16(27)21-17-14-9-12-26(13-15(14)25(5)22-17)18(28)29-19(2,3)4/h1H,7-13H2,2-5H3,(H,21,22,27). The molecule has 29 heavy (non-hydrogen) atoms. The van der Waals surface area contributed by atoms with Gasteiger partial charge in [-0.05, 0) is 27.2 Å². The lowest BCUT2D eigenvalue weighted by atomic mass is 10.0. The highest BCUT2D eigenvalue weighted by molar-refractivity contribution is 5.90. The van der Waals surface area contributed by atoms with Gasteiger partial charge in [0.05, 0.1) is 12.2 Å². The zero-order valence-electron chi connectivity index (χ0n) is 17.5. The minimum Gasteiger partial charge on any atom is -0.444 e. The molecule has 0 unspecified atom stereocenters. The van der Waals surface area contributed by atoms with Gasteiger partial charge in [0.25, 0.3) is 0 Å². The molecule has 3 rings (SSSR count). The van der Waals surface area contributed by atoms with Crippen molar-refractivity contribution >= 4 is 17.8 Å². The van der Waals surface area contributed by atoms with Gasteiger partial charge in [0, 0.05) is 44.8 Å². The molecular formula is C20H28N6O3. The van der Waals surface area contributed by atoms with E-state index in [0.717, 1.165) is 11.3 Å². The average molecular weight is 400 g/mol. The Labute approximate surface area is 170 Å². The Morgan fingerprint density at radius 1 is 1.31 bits per heavy atom. The zero-order valence-corrected chi connectivity index (χ0v) is 17.5. The van der Waals surface area contributed by atoms with Crippen molar-refractivity contribution < 1.29 is 14.3 Å². The maximum Gasteiger partial charge on any atom is 0.410 e. The first-order chi connectivity index (χ1) is 13.6. The summed E-state index contributed by atoms with van der Waals surface area (Å²) in [7, 11) is 1.81. The van der Waals surface area contributed by atoms with Gasteiger partial charge in [-0.15, -0.1) is 12.3 Å². The van der Waals surface area contributed by atoms with Gasteiger partial charge in [-0.3, -0.25) is 9.48 Å².